The van der Waals surface area contributed by atoms with Gasteiger partial charge in [0, 0.05) is 38.4 Å². The molecule has 0 bridgehead atoms. The Balaban J connectivity index is 1.58. The van der Waals surface area contributed by atoms with Crippen LogP contribution >= 0.6 is 15.9 Å². The molecule has 0 unspecified atom stereocenters. The summed E-state index contributed by atoms with van der Waals surface area (Å²) in [5, 5.41) is 2.91. The summed E-state index contributed by atoms with van der Waals surface area (Å²) in [5.74, 6) is 0.604. The SMILES string of the molecule is Cn1cc(Br)c(O[C@H]2CC[C@H](N3CCCNC3=O)CC2)cc1=O. The van der Waals surface area contributed by atoms with E-state index in [2.05, 4.69) is 21.2 Å². The monoisotopic (exact) mass is 383 g/mol. The van der Waals surface area contributed by atoms with E-state index < -0.39 is 0 Å². The zero-order valence-electron chi connectivity index (χ0n) is 13.3. The van der Waals surface area contributed by atoms with Crippen LogP contribution in [-0.4, -0.2) is 40.7 Å². The van der Waals surface area contributed by atoms with Crippen LogP contribution in [0.4, 0.5) is 4.79 Å². The van der Waals surface area contributed by atoms with Gasteiger partial charge in [-0.25, -0.2) is 4.79 Å². The van der Waals surface area contributed by atoms with E-state index in [0.29, 0.717) is 11.8 Å². The van der Waals surface area contributed by atoms with Gasteiger partial charge >= 0.3 is 6.03 Å². The second-order valence-corrected chi connectivity index (χ2v) is 7.12. The largest absolute Gasteiger partial charge is 0.489 e. The number of hydrogen-bond acceptors (Lipinski definition) is 3. The van der Waals surface area contributed by atoms with Crippen molar-refractivity contribution >= 4 is 22.0 Å². The summed E-state index contributed by atoms with van der Waals surface area (Å²) >= 11 is 3.44. The third-order valence-corrected chi connectivity index (χ3v) is 5.23. The first-order valence-corrected chi connectivity index (χ1v) is 8.91. The highest BCUT2D eigenvalue weighted by atomic mass is 79.9. The Labute approximate surface area is 143 Å². The van der Waals surface area contributed by atoms with Crippen LogP contribution in [-0.2, 0) is 7.05 Å². The van der Waals surface area contributed by atoms with Gasteiger partial charge in [-0.2, -0.15) is 0 Å². The Kier molecular flexibility index (Phi) is 4.94. The summed E-state index contributed by atoms with van der Waals surface area (Å²) in [6.45, 7) is 1.63. The molecular formula is C16H22BrN3O3. The molecule has 2 fully saturated rings. The van der Waals surface area contributed by atoms with Gasteiger partial charge in [0.2, 0.25) is 0 Å². The summed E-state index contributed by atoms with van der Waals surface area (Å²) in [5.41, 5.74) is -0.0816. The van der Waals surface area contributed by atoms with Crippen molar-refractivity contribution in [2.75, 3.05) is 13.1 Å². The summed E-state index contributed by atoms with van der Waals surface area (Å²) < 4.78 is 8.31. The summed E-state index contributed by atoms with van der Waals surface area (Å²) in [6, 6.07) is 1.89. The predicted octanol–water partition coefficient (Wildman–Crippen LogP) is 2.25. The Morgan fingerprint density at radius 1 is 1.26 bits per heavy atom. The number of ether oxygens (including phenoxy) is 1. The van der Waals surface area contributed by atoms with Crippen molar-refractivity contribution < 1.29 is 9.53 Å². The number of amides is 2. The maximum absolute atomic E-state index is 11.9. The van der Waals surface area contributed by atoms with Crippen molar-refractivity contribution in [3.63, 3.8) is 0 Å². The van der Waals surface area contributed by atoms with Crippen molar-refractivity contribution in [3.8, 4) is 5.75 Å². The highest BCUT2D eigenvalue weighted by Crippen LogP contribution is 2.30. The predicted molar refractivity (Wildman–Crippen MR) is 90.8 cm³/mol. The van der Waals surface area contributed by atoms with Gasteiger partial charge < -0.3 is 19.5 Å². The highest BCUT2D eigenvalue weighted by molar-refractivity contribution is 9.10. The van der Waals surface area contributed by atoms with Gasteiger partial charge in [0.1, 0.15) is 5.75 Å². The molecule has 0 radical (unpaired) electrons. The molecule has 3 rings (SSSR count). The van der Waals surface area contributed by atoms with E-state index in [1.807, 2.05) is 4.90 Å². The number of rotatable bonds is 3. The van der Waals surface area contributed by atoms with Crippen LogP contribution in [0.5, 0.6) is 5.75 Å². The topological polar surface area (TPSA) is 63.6 Å². The van der Waals surface area contributed by atoms with Gasteiger partial charge in [0.15, 0.2) is 0 Å². The maximum Gasteiger partial charge on any atom is 0.317 e. The first-order chi connectivity index (χ1) is 11.0. The van der Waals surface area contributed by atoms with Crippen LogP contribution in [0.1, 0.15) is 32.1 Å². The maximum atomic E-state index is 11.9. The van der Waals surface area contributed by atoms with Crippen LogP contribution in [0, 0.1) is 0 Å². The molecule has 1 aliphatic carbocycles. The van der Waals surface area contributed by atoms with Gasteiger partial charge in [-0.05, 0) is 48.0 Å². The Bertz CT molecular complexity index is 638. The number of nitrogens with zero attached hydrogens (tertiary/aromatic N) is 2. The summed E-state index contributed by atoms with van der Waals surface area (Å²) in [4.78, 5) is 25.6. The lowest BCUT2D eigenvalue weighted by atomic mass is 9.91. The Morgan fingerprint density at radius 3 is 2.70 bits per heavy atom. The molecule has 1 saturated heterocycles. The van der Waals surface area contributed by atoms with E-state index in [0.717, 1.165) is 49.7 Å². The molecule has 1 aromatic heterocycles. The average Bonchev–Trinajstić information content (AvgIpc) is 2.54. The number of pyridine rings is 1. The van der Waals surface area contributed by atoms with Crippen molar-refractivity contribution in [2.24, 2.45) is 7.05 Å². The third kappa shape index (κ3) is 3.71. The molecule has 126 valence electrons. The molecule has 2 heterocycles. The van der Waals surface area contributed by atoms with Gasteiger partial charge in [-0.3, -0.25) is 4.79 Å². The number of hydrogen-bond donors (Lipinski definition) is 1. The second-order valence-electron chi connectivity index (χ2n) is 6.26. The number of carbonyl (C=O) groups excluding carboxylic acids is 1. The lowest BCUT2D eigenvalue weighted by Gasteiger charge is -2.38. The molecule has 1 saturated carbocycles. The van der Waals surface area contributed by atoms with Gasteiger partial charge in [-0.15, -0.1) is 0 Å². The zero-order valence-corrected chi connectivity index (χ0v) is 14.8. The van der Waals surface area contributed by atoms with E-state index >= 15 is 0 Å². The van der Waals surface area contributed by atoms with E-state index in [1.54, 1.807) is 13.2 Å². The number of carbonyl (C=O) groups is 1. The minimum atomic E-state index is -0.0816. The standard InChI is InChI=1S/C16H22BrN3O3/c1-19-10-13(17)14(9-15(19)21)23-12-5-3-11(4-6-12)20-8-2-7-18-16(20)22/h9-12H,2-8H2,1H3,(H,18,22)/t11-,12-. The first kappa shape index (κ1) is 16.4. The van der Waals surface area contributed by atoms with Crippen molar-refractivity contribution in [1.82, 2.24) is 14.8 Å². The summed E-state index contributed by atoms with van der Waals surface area (Å²) in [6.07, 6.45) is 6.53. The fourth-order valence-electron chi connectivity index (χ4n) is 3.32. The molecule has 0 aromatic carbocycles. The number of aromatic nitrogens is 1. The van der Waals surface area contributed by atoms with E-state index in [1.165, 1.54) is 10.6 Å². The van der Waals surface area contributed by atoms with Crippen LogP contribution < -0.4 is 15.6 Å². The number of halogens is 1. The van der Waals surface area contributed by atoms with E-state index in [4.69, 9.17) is 4.74 Å². The van der Waals surface area contributed by atoms with Gasteiger partial charge in [-0.1, -0.05) is 0 Å². The van der Waals surface area contributed by atoms with E-state index in [9.17, 15) is 9.59 Å². The van der Waals surface area contributed by atoms with Crippen LogP contribution in [0.2, 0.25) is 0 Å². The molecule has 0 spiro atoms. The highest BCUT2D eigenvalue weighted by Gasteiger charge is 2.31. The average molecular weight is 384 g/mol. The molecule has 6 nitrogen and oxygen atoms in total. The minimum Gasteiger partial charge on any atom is -0.489 e. The Morgan fingerprint density at radius 2 is 2.00 bits per heavy atom. The van der Waals surface area contributed by atoms with Crippen molar-refractivity contribution in [2.45, 2.75) is 44.2 Å². The number of nitrogens with one attached hydrogen (secondary N) is 1. The van der Waals surface area contributed by atoms with Gasteiger partial charge in [0.25, 0.3) is 5.56 Å². The summed E-state index contributed by atoms with van der Waals surface area (Å²) in [7, 11) is 1.71. The molecular weight excluding hydrogens is 362 g/mol. The van der Waals surface area contributed by atoms with Gasteiger partial charge in [0.05, 0.1) is 10.6 Å². The first-order valence-electron chi connectivity index (χ1n) is 8.12. The lowest BCUT2D eigenvalue weighted by Crippen LogP contribution is -2.52. The van der Waals surface area contributed by atoms with Crippen LogP contribution in [0.25, 0.3) is 0 Å². The molecule has 2 amide bonds. The molecule has 1 aliphatic heterocycles. The van der Waals surface area contributed by atoms with Crippen molar-refractivity contribution in [1.29, 1.82) is 0 Å². The molecule has 1 N–H and O–H groups in total. The fraction of sp³-hybridized carbons (Fsp3) is 0.625. The number of urea groups is 1. The quantitative estimate of drug-likeness (QED) is 0.870. The molecule has 0 atom stereocenters. The lowest BCUT2D eigenvalue weighted by molar-refractivity contribution is 0.0928. The smallest absolute Gasteiger partial charge is 0.317 e. The molecule has 23 heavy (non-hydrogen) atoms. The van der Waals surface area contributed by atoms with E-state index in [-0.39, 0.29) is 17.7 Å². The number of aryl methyl sites for hydroxylation is 1. The normalized spacial score (nSPS) is 25.1. The molecule has 2 aliphatic rings. The van der Waals surface area contributed by atoms with Crippen molar-refractivity contribution in [3.05, 3.63) is 27.1 Å². The fourth-order valence-corrected chi connectivity index (χ4v) is 3.84. The molecule has 7 heteroatoms. The third-order valence-electron chi connectivity index (χ3n) is 4.64. The van der Waals surface area contributed by atoms with Crippen LogP contribution in [0.15, 0.2) is 21.5 Å². The van der Waals surface area contributed by atoms with Crippen LogP contribution in [0.3, 0.4) is 0 Å². The minimum absolute atomic E-state index is 0.0647. The second kappa shape index (κ2) is 6.95. The zero-order chi connectivity index (χ0) is 16.4. The Hall–Kier alpha value is -1.50. The molecule has 1 aromatic rings.